The molecule has 7 heteroatoms. The van der Waals surface area contributed by atoms with E-state index < -0.39 is 10.0 Å². The number of carbonyl (C=O) groups excluding carboxylic acids is 1. The van der Waals surface area contributed by atoms with Gasteiger partial charge in [-0.1, -0.05) is 37.3 Å². The lowest BCUT2D eigenvalue weighted by atomic mass is 9.99. The number of rotatable bonds is 10. The van der Waals surface area contributed by atoms with Crippen molar-refractivity contribution in [1.29, 1.82) is 0 Å². The fourth-order valence-corrected chi connectivity index (χ4v) is 5.19. The fraction of sp³-hybridized carbons (Fsp3) is 0.667. The Morgan fingerprint density at radius 1 is 1.29 bits per heavy atom. The van der Waals surface area contributed by atoms with Gasteiger partial charge in [-0.2, -0.15) is 0 Å². The van der Waals surface area contributed by atoms with Crippen LogP contribution in [0.25, 0.3) is 0 Å². The minimum atomic E-state index is -3.23. The fourth-order valence-electron chi connectivity index (χ4n) is 3.60. The summed E-state index contributed by atoms with van der Waals surface area (Å²) >= 11 is 0. The van der Waals surface area contributed by atoms with Crippen molar-refractivity contribution < 1.29 is 13.2 Å². The molecular formula is C21H35N3O3S. The molecule has 1 heterocycles. The number of hydrogen-bond donors (Lipinski definition) is 1. The smallest absolute Gasteiger partial charge is 0.224 e. The first-order chi connectivity index (χ1) is 13.3. The topological polar surface area (TPSA) is 69.7 Å². The molecule has 28 heavy (non-hydrogen) atoms. The number of sulfonamides is 1. The number of piperidine rings is 1. The van der Waals surface area contributed by atoms with Crippen LogP contribution >= 0.6 is 0 Å². The third-order valence-electron chi connectivity index (χ3n) is 5.27. The second kappa shape index (κ2) is 10.9. The van der Waals surface area contributed by atoms with Gasteiger partial charge in [0.25, 0.3) is 0 Å². The number of carbonyl (C=O) groups is 1. The van der Waals surface area contributed by atoms with E-state index in [2.05, 4.69) is 36.2 Å². The molecule has 1 amide bonds. The lowest BCUT2D eigenvalue weighted by molar-refractivity contribution is -0.126. The van der Waals surface area contributed by atoms with Crippen molar-refractivity contribution in [2.75, 3.05) is 31.9 Å². The highest BCUT2D eigenvalue weighted by Crippen LogP contribution is 2.20. The van der Waals surface area contributed by atoms with Crippen LogP contribution in [0.4, 0.5) is 0 Å². The first kappa shape index (κ1) is 22.8. The van der Waals surface area contributed by atoms with Crippen molar-refractivity contribution in [1.82, 2.24) is 14.5 Å². The molecule has 1 atom stereocenters. The van der Waals surface area contributed by atoms with Crippen LogP contribution in [0.3, 0.4) is 0 Å². The van der Waals surface area contributed by atoms with Crippen LogP contribution in [-0.2, 0) is 21.4 Å². The zero-order chi connectivity index (χ0) is 20.6. The lowest BCUT2D eigenvalue weighted by Gasteiger charge is -2.31. The Kier molecular flexibility index (Phi) is 8.92. The van der Waals surface area contributed by atoms with E-state index in [9.17, 15) is 13.2 Å². The summed E-state index contributed by atoms with van der Waals surface area (Å²) in [6, 6.07) is 10.7. The first-order valence-corrected chi connectivity index (χ1v) is 12.0. The maximum absolute atomic E-state index is 12.6. The summed E-state index contributed by atoms with van der Waals surface area (Å²) in [6.07, 6.45) is 2.09. The van der Waals surface area contributed by atoms with Gasteiger partial charge in [0.15, 0.2) is 0 Å². The van der Waals surface area contributed by atoms with Gasteiger partial charge in [-0.3, -0.25) is 9.69 Å². The van der Waals surface area contributed by atoms with Crippen LogP contribution in [0.1, 0.15) is 45.6 Å². The van der Waals surface area contributed by atoms with Gasteiger partial charge in [0.05, 0.1) is 11.7 Å². The van der Waals surface area contributed by atoms with Gasteiger partial charge in [-0.15, -0.1) is 0 Å². The van der Waals surface area contributed by atoms with Gasteiger partial charge in [0.1, 0.15) is 0 Å². The van der Waals surface area contributed by atoms with Crippen molar-refractivity contribution in [2.24, 2.45) is 5.92 Å². The van der Waals surface area contributed by atoms with Crippen LogP contribution in [0, 0.1) is 5.92 Å². The summed E-state index contributed by atoms with van der Waals surface area (Å²) in [6.45, 7) is 9.20. The second-order valence-electron chi connectivity index (χ2n) is 7.85. The maximum atomic E-state index is 12.6. The summed E-state index contributed by atoms with van der Waals surface area (Å²) in [4.78, 5) is 14.9. The SMILES string of the molecule is CCCS(=O)(=O)N1CCC[C@@H](C(=O)NCCN(Cc2ccccc2)C(C)C)C1. The van der Waals surface area contributed by atoms with Gasteiger partial charge >= 0.3 is 0 Å². The predicted octanol–water partition coefficient (Wildman–Crippen LogP) is 2.47. The van der Waals surface area contributed by atoms with Gasteiger partial charge in [-0.05, 0) is 38.7 Å². The minimum Gasteiger partial charge on any atom is -0.355 e. The van der Waals surface area contributed by atoms with E-state index in [1.54, 1.807) is 0 Å². The van der Waals surface area contributed by atoms with E-state index in [0.717, 1.165) is 25.9 Å². The Morgan fingerprint density at radius 2 is 2.00 bits per heavy atom. The molecule has 0 saturated carbocycles. The standard InChI is InChI=1S/C21H35N3O3S/c1-4-15-28(26,27)24-13-8-11-20(17-24)21(25)22-12-14-23(18(2)3)16-19-9-6-5-7-10-19/h5-7,9-10,18,20H,4,8,11-17H2,1-3H3,(H,22,25)/t20-/m1/s1. The van der Waals surface area contributed by atoms with Gasteiger partial charge in [-0.25, -0.2) is 12.7 Å². The zero-order valence-corrected chi connectivity index (χ0v) is 18.2. The van der Waals surface area contributed by atoms with Crippen LogP contribution in [0.5, 0.6) is 0 Å². The Bertz CT molecular complexity index is 707. The molecule has 0 spiro atoms. The van der Waals surface area contributed by atoms with Crippen LogP contribution in [-0.4, -0.2) is 61.5 Å². The van der Waals surface area contributed by atoms with E-state index >= 15 is 0 Å². The Morgan fingerprint density at radius 3 is 2.64 bits per heavy atom. The maximum Gasteiger partial charge on any atom is 0.224 e. The number of nitrogens with one attached hydrogen (secondary N) is 1. The van der Waals surface area contributed by atoms with Crippen molar-refractivity contribution in [2.45, 2.75) is 52.6 Å². The summed E-state index contributed by atoms with van der Waals surface area (Å²) in [5, 5.41) is 3.03. The predicted molar refractivity (Wildman–Crippen MR) is 113 cm³/mol. The number of hydrogen-bond acceptors (Lipinski definition) is 4. The molecule has 1 saturated heterocycles. The molecule has 1 aromatic carbocycles. The highest BCUT2D eigenvalue weighted by atomic mass is 32.2. The Labute approximate surface area is 170 Å². The molecule has 2 rings (SSSR count). The van der Waals surface area contributed by atoms with E-state index in [1.807, 2.05) is 25.1 Å². The normalized spacial score (nSPS) is 18.5. The third-order valence-corrected chi connectivity index (χ3v) is 7.31. The summed E-state index contributed by atoms with van der Waals surface area (Å²) in [5.74, 6) is -0.119. The zero-order valence-electron chi connectivity index (χ0n) is 17.4. The minimum absolute atomic E-state index is 0.0279. The van der Waals surface area contributed by atoms with Crippen molar-refractivity contribution >= 4 is 15.9 Å². The molecule has 6 nitrogen and oxygen atoms in total. The Hall–Kier alpha value is -1.44. The average Bonchev–Trinajstić information content (AvgIpc) is 2.68. The molecule has 0 bridgehead atoms. The highest BCUT2D eigenvalue weighted by Gasteiger charge is 2.31. The van der Waals surface area contributed by atoms with Crippen molar-refractivity contribution in [3.05, 3.63) is 35.9 Å². The van der Waals surface area contributed by atoms with Gasteiger partial charge in [0.2, 0.25) is 15.9 Å². The molecule has 0 unspecified atom stereocenters. The molecule has 0 aliphatic carbocycles. The molecule has 1 N–H and O–H groups in total. The molecular weight excluding hydrogens is 374 g/mol. The summed E-state index contributed by atoms with van der Waals surface area (Å²) in [5.41, 5.74) is 1.26. The number of nitrogens with zero attached hydrogens (tertiary/aromatic N) is 2. The summed E-state index contributed by atoms with van der Waals surface area (Å²) in [7, 11) is -3.23. The second-order valence-corrected chi connectivity index (χ2v) is 9.94. The molecule has 1 fully saturated rings. The van der Waals surface area contributed by atoms with E-state index in [0.29, 0.717) is 32.1 Å². The van der Waals surface area contributed by atoms with E-state index in [-0.39, 0.29) is 17.6 Å². The average molecular weight is 410 g/mol. The van der Waals surface area contributed by atoms with Crippen LogP contribution < -0.4 is 5.32 Å². The van der Waals surface area contributed by atoms with E-state index in [4.69, 9.17) is 0 Å². The van der Waals surface area contributed by atoms with Crippen LogP contribution in [0.2, 0.25) is 0 Å². The number of amides is 1. The Balaban J connectivity index is 1.83. The van der Waals surface area contributed by atoms with Gasteiger partial charge in [0, 0.05) is 38.8 Å². The largest absolute Gasteiger partial charge is 0.355 e. The number of benzene rings is 1. The van der Waals surface area contributed by atoms with Gasteiger partial charge < -0.3 is 5.32 Å². The van der Waals surface area contributed by atoms with Crippen molar-refractivity contribution in [3.8, 4) is 0 Å². The highest BCUT2D eigenvalue weighted by molar-refractivity contribution is 7.89. The monoisotopic (exact) mass is 409 g/mol. The molecule has 1 aliphatic rings. The quantitative estimate of drug-likeness (QED) is 0.644. The third kappa shape index (κ3) is 6.87. The first-order valence-electron chi connectivity index (χ1n) is 10.4. The lowest BCUT2D eigenvalue weighted by Crippen LogP contribution is -2.47. The molecule has 1 aliphatic heterocycles. The van der Waals surface area contributed by atoms with E-state index in [1.165, 1.54) is 9.87 Å². The molecule has 1 aromatic rings. The molecule has 0 aromatic heterocycles. The summed E-state index contributed by atoms with van der Waals surface area (Å²) < 4.78 is 26.1. The molecule has 0 radical (unpaired) electrons. The molecule has 158 valence electrons. The van der Waals surface area contributed by atoms with Crippen LogP contribution in [0.15, 0.2) is 30.3 Å². The van der Waals surface area contributed by atoms with Crippen molar-refractivity contribution in [3.63, 3.8) is 0 Å².